The Kier molecular flexibility index (Phi) is 3.36. The highest BCUT2D eigenvalue weighted by atomic mass is 16.5. The maximum atomic E-state index is 11.9. The van der Waals surface area contributed by atoms with Crippen LogP contribution < -0.4 is 9.47 Å². The fourth-order valence-electron chi connectivity index (χ4n) is 2.22. The Balaban J connectivity index is 2.43. The van der Waals surface area contributed by atoms with Gasteiger partial charge in [-0.05, 0) is 38.0 Å². The second kappa shape index (κ2) is 4.78. The molecular weight excluding hydrogens is 216 g/mol. The van der Waals surface area contributed by atoms with Gasteiger partial charge in [0.2, 0.25) is 0 Å². The molecule has 0 aliphatic heterocycles. The number of carbonyl (C=O) groups is 1. The standard InChI is InChI=1S/C14H18O3/c1-4-16-12-7-10-6-9(3)14(15)11(10)8-13(12)17-5-2/h7-9H,4-6H2,1-3H3/t9-/m0/s1. The van der Waals surface area contributed by atoms with Gasteiger partial charge in [0.25, 0.3) is 0 Å². The fraction of sp³-hybridized carbons (Fsp3) is 0.500. The summed E-state index contributed by atoms with van der Waals surface area (Å²) in [6.45, 7) is 7.00. The molecule has 0 bridgehead atoms. The van der Waals surface area contributed by atoms with Crippen molar-refractivity contribution in [2.24, 2.45) is 5.92 Å². The van der Waals surface area contributed by atoms with Gasteiger partial charge in [0.05, 0.1) is 13.2 Å². The summed E-state index contributed by atoms with van der Waals surface area (Å²) in [4.78, 5) is 11.9. The summed E-state index contributed by atoms with van der Waals surface area (Å²) in [5, 5.41) is 0. The highest BCUT2D eigenvalue weighted by Gasteiger charge is 2.28. The molecule has 0 fully saturated rings. The fourth-order valence-corrected chi connectivity index (χ4v) is 2.22. The van der Waals surface area contributed by atoms with Crippen molar-refractivity contribution < 1.29 is 14.3 Å². The summed E-state index contributed by atoms with van der Waals surface area (Å²) in [5.74, 6) is 1.71. The van der Waals surface area contributed by atoms with Crippen LogP contribution in [0.5, 0.6) is 11.5 Å². The Hall–Kier alpha value is -1.51. The molecular formula is C14H18O3. The normalized spacial score (nSPS) is 18.1. The first-order chi connectivity index (χ1) is 8.17. The van der Waals surface area contributed by atoms with Crippen molar-refractivity contribution in [3.8, 4) is 11.5 Å². The predicted octanol–water partition coefficient (Wildman–Crippen LogP) is 2.86. The van der Waals surface area contributed by atoms with Crippen LogP contribution in [0.2, 0.25) is 0 Å². The molecule has 0 amide bonds. The van der Waals surface area contributed by atoms with Gasteiger partial charge in [-0.2, -0.15) is 0 Å². The second-order valence-corrected chi connectivity index (χ2v) is 4.29. The summed E-state index contributed by atoms with van der Waals surface area (Å²) in [7, 11) is 0. The minimum absolute atomic E-state index is 0.0800. The van der Waals surface area contributed by atoms with E-state index in [1.54, 1.807) is 0 Å². The van der Waals surface area contributed by atoms with E-state index in [-0.39, 0.29) is 11.7 Å². The zero-order chi connectivity index (χ0) is 12.4. The molecule has 1 aliphatic carbocycles. The van der Waals surface area contributed by atoms with E-state index >= 15 is 0 Å². The molecule has 0 spiro atoms. The Morgan fingerprint density at radius 3 is 2.35 bits per heavy atom. The lowest BCUT2D eigenvalue weighted by atomic mass is 10.1. The maximum Gasteiger partial charge on any atom is 0.166 e. The third-order valence-electron chi connectivity index (χ3n) is 3.01. The Bertz CT molecular complexity index is 437. The number of hydrogen-bond donors (Lipinski definition) is 0. The van der Waals surface area contributed by atoms with Crippen LogP contribution in [-0.2, 0) is 6.42 Å². The molecule has 1 atom stereocenters. The van der Waals surface area contributed by atoms with Crippen LogP contribution >= 0.6 is 0 Å². The smallest absolute Gasteiger partial charge is 0.166 e. The van der Waals surface area contributed by atoms with Gasteiger partial charge >= 0.3 is 0 Å². The first-order valence-corrected chi connectivity index (χ1v) is 6.14. The number of rotatable bonds is 4. The van der Waals surface area contributed by atoms with Crippen molar-refractivity contribution >= 4 is 5.78 Å². The first-order valence-electron chi connectivity index (χ1n) is 6.14. The van der Waals surface area contributed by atoms with Crippen LogP contribution in [0.25, 0.3) is 0 Å². The topological polar surface area (TPSA) is 35.5 Å². The number of Topliss-reactive ketones (excluding diaryl/α,β-unsaturated/α-hetero) is 1. The highest BCUT2D eigenvalue weighted by Crippen LogP contribution is 2.36. The zero-order valence-electron chi connectivity index (χ0n) is 10.6. The van der Waals surface area contributed by atoms with Crippen molar-refractivity contribution in [1.82, 2.24) is 0 Å². The van der Waals surface area contributed by atoms with E-state index < -0.39 is 0 Å². The van der Waals surface area contributed by atoms with Crippen LogP contribution in [0.3, 0.4) is 0 Å². The van der Waals surface area contributed by atoms with Crippen molar-refractivity contribution in [1.29, 1.82) is 0 Å². The molecule has 0 heterocycles. The summed E-state index contributed by atoms with van der Waals surface area (Å²) >= 11 is 0. The molecule has 3 nitrogen and oxygen atoms in total. The van der Waals surface area contributed by atoms with E-state index in [9.17, 15) is 4.79 Å². The van der Waals surface area contributed by atoms with Gasteiger partial charge in [0, 0.05) is 11.5 Å². The van der Waals surface area contributed by atoms with Gasteiger partial charge in [-0.1, -0.05) is 6.92 Å². The minimum atomic E-state index is 0.0800. The minimum Gasteiger partial charge on any atom is -0.490 e. The Morgan fingerprint density at radius 1 is 1.18 bits per heavy atom. The van der Waals surface area contributed by atoms with Gasteiger partial charge in [-0.3, -0.25) is 4.79 Å². The quantitative estimate of drug-likeness (QED) is 0.803. The van der Waals surface area contributed by atoms with Crippen LogP contribution in [0.1, 0.15) is 36.7 Å². The molecule has 0 N–H and O–H groups in total. The van der Waals surface area contributed by atoms with Crippen molar-refractivity contribution in [3.63, 3.8) is 0 Å². The molecule has 2 rings (SSSR count). The summed E-state index contributed by atoms with van der Waals surface area (Å²) in [6.07, 6.45) is 0.806. The molecule has 1 aliphatic rings. The summed E-state index contributed by atoms with van der Waals surface area (Å²) < 4.78 is 11.1. The van der Waals surface area contributed by atoms with E-state index in [0.29, 0.717) is 19.0 Å². The van der Waals surface area contributed by atoms with E-state index in [1.165, 1.54) is 0 Å². The van der Waals surface area contributed by atoms with Crippen LogP contribution in [0.4, 0.5) is 0 Å². The van der Waals surface area contributed by atoms with Crippen molar-refractivity contribution in [2.75, 3.05) is 13.2 Å². The molecule has 17 heavy (non-hydrogen) atoms. The number of benzene rings is 1. The third-order valence-corrected chi connectivity index (χ3v) is 3.01. The van der Waals surface area contributed by atoms with Crippen LogP contribution in [0.15, 0.2) is 12.1 Å². The first kappa shape index (κ1) is 12.0. The summed E-state index contributed by atoms with van der Waals surface area (Å²) in [5.41, 5.74) is 1.87. The lowest BCUT2D eigenvalue weighted by molar-refractivity contribution is 0.0946. The van der Waals surface area contributed by atoms with Crippen molar-refractivity contribution in [2.45, 2.75) is 27.2 Å². The third kappa shape index (κ3) is 2.14. The SMILES string of the molecule is CCOc1cc2c(cc1OCC)C(=O)[C@@H](C)C2. The number of hydrogen-bond acceptors (Lipinski definition) is 3. The monoisotopic (exact) mass is 234 g/mol. The van der Waals surface area contributed by atoms with Crippen LogP contribution in [-0.4, -0.2) is 19.0 Å². The molecule has 0 saturated carbocycles. The number of fused-ring (bicyclic) bond motifs is 1. The van der Waals surface area contributed by atoms with E-state index in [1.807, 2.05) is 32.9 Å². The molecule has 3 heteroatoms. The molecule has 92 valence electrons. The average Bonchev–Trinajstić information content (AvgIpc) is 2.57. The molecule has 0 aromatic heterocycles. The number of carbonyl (C=O) groups excluding carboxylic acids is 1. The zero-order valence-corrected chi connectivity index (χ0v) is 10.6. The predicted molar refractivity (Wildman–Crippen MR) is 66.0 cm³/mol. The van der Waals surface area contributed by atoms with Gasteiger partial charge in [0.15, 0.2) is 17.3 Å². The van der Waals surface area contributed by atoms with E-state index in [2.05, 4.69) is 0 Å². The summed E-state index contributed by atoms with van der Waals surface area (Å²) in [6, 6.07) is 3.78. The van der Waals surface area contributed by atoms with Crippen molar-refractivity contribution in [3.05, 3.63) is 23.3 Å². The highest BCUT2D eigenvalue weighted by molar-refractivity contribution is 6.02. The van der Waals surface area contributed by atoms with Gasteiger partial charge < -0.3 is 9.47 Å². The second-order valence-electron chi connectivity index (χ2n) is 4.29. The lowest BCUT2D eigenvalue weighted by Gasteiger charge is -2.12. The molecule has 1 aromatic rings. The molecule has 0 radical (unpaired) electrons. The average molecular weight is 234 g/mol. The molecule has 0 saturated heterocycles. The Morgan fingerprint density at radius 2 is 1.76 bits per heavy atom. The van der Waals surface area contributed by atoms with E-state index in [0.717, 1.165) is 23.3 Å². The number of ether oxygens (including phenoxy) is 2. The van der Waals surface area contributed by atoms with E-state index in [4.69, 9.17) is 9.47 Å². The largest absolute Gasteiger partial charge is 0.490 e. The van der Waals surface area contributed by atoms with Crippen LogP contribution in [0, 0.1) is 5.92 Å². The molecule has 0 unspecified atom stereocenters. The van der Waals surface area contributed by atoms with Gasteiger partial charge in [-0.15, -0.1) is 0 Å². The lowest BCUT2D eigenvalue weighted by Crippen LogP contribution is -2.04. The molecule has 1 aromatic carbocycles. The Labute approximate surface area is 102 Å². The number of ketones is 1. The van der Waals surface area contributed by atoms with Gasteiger partial charge in [-0.25, -0.2) is 0 Å². The maximum absolute atomic E-state index is 11.9. The van der Waals surface area contributed by atoms with Gasteiger partial charge in [0.1, 0.15) is 0 Å².